The molecule has 0 radical (unpaired) electrons. The van der Waals surface area contributed by atoms with Crippen molar-refractivity contribution in [3.8, 4) is 23.3 Å². The van der Waals surface area contributed by atoms with Crippen LogP contribution in [-0.2, 0) is 6.61 Å². The molecular weight excluding hydrogens is 406 g/mol. The van der Waals surface area contributed by atoms with Crippen LogP contribution < -0.4 is 19.6 Å². The molecule has 0 saturated heterocycles. The molecule has 0 spiro atoms. The lowest BCUT2D eigenvalue weighted by atomic mass is 10.1. The predicted octanol–water partition coefficient (Wildman–Crippen LogP) is 4.31. The maximum absolute atomic E-state index is 12.2. The number of hydrogen-bond acceptors (Lipinski definition) is 6. The minimum atomic E-state index is -0.327. The van der Waals surface area contributed by atoms with E-state index in [1.54, 1.807) is 55.6 Å². The number of methoxy groups -OCH3 is 1. The Bertz CT molecular complexity index is 1130. The highest BCUT2D eigenvalue weighted by Crippen LogP contribution is 2.28. The van der Waals surface area contributed by atoms with Gasteiger partial charge in [0.2, 0.25) is 0 Å². The highest BCUT2D eigenvalue weighted by atomic mass is 16.5. The Hall–Kier alpha value is -4.31. The lowest BCUT2D eigenvalue weighted by Crippen LogP contribution is -2.17. The molecule has 0 aliphatic rings. The minimum absolute atomic E-state index is 0.242. The summed E-state index contributed by atoms with van der Waals surface area (Å²) in [7, 11) is 1.54. The number of hydrazone groups is 1. The van der Waals surface area contributed by atoms with Crippen molar-refractivity contribution in [2.45, 2.75) is 13.5 Å². The number of benzene rings is 3. The normalized spacial score (nSPS) is 10.4. The van der Waals surface area contributed by atoms with Gasteiger partial charge in [-0.25, -0.2) is 5.43 Å². The Labute approximate surface area is 186 Å². The van der Waals surface area contributed by atoms with Crippen molar-refractivity contribution in [2.75, 3.05) is 13.7 Å². The van der Waals surface area contributed by atoms with Crippen LogP contribution in [0.4, 0.5) is 0 Å². The molecule has 3 aromatic rings. The summed E-state index contributed by atoms with van der Waals surface area (Å²) in [6.07, 6.45) is 1.52. The van der Waals surface area contributed by atoms with Gasteiger partial charge in [-0.2, -0.15) is 10.4 Å². The summed E-state index contributed by atoms with van der Waals surface area (Å²) in [6.45, 7) is 2.71. The van der Waals surface area contributed by atoms with Crippen LogP contribution in [-0.4, -0.2) is 25.8 Å². The van der Waals surface area contributed by atoms with Crippen LogP contribution in [0, 0.1) is 11.3 Å². The second-order valence-electron chi connectivity index (χ2n) is 6.62. The Morgan fingerprint density at radius 1 is 1.06 bits per heavy atom. The second kappa shape index (κ2) is 11.2. The molecule has 162 valence electrons. The average molecular weight is 429 g/mol. The summed E-state index contributed by atoms with van der Waals surface area (Å²) in [5, 5.41) is 13.2. The lowest BCUT2D eigenvalue weighted by molar-refractivity contribution is 0.0955. The molecule has 0 saturated carbocycles. The summed E-state index contributed by atoms with van der Waals surface area (Å²) < 4.78 is 16.6. The summed E-state index contributed by atoms with van der Waals surface area (Å²) in [5.41, 5.74) is 5.05. The number of nitrogens with zero attached hydrogens (tertiary/aromatic N) is 2. The Kier molecular flexibility index (Phi) is 7.82. The van der Waals surface area contributed by atoms with Gasteiger partial charge in [-0.1, -0.05) is 18.2 Å². The van der Waals surface area contributed by atoms with Gasteiger partial charge in [0.15, 0.2) is 11.5 Å². The molecule has 0 aliphatic heterocycles. The molecule has 7 nitrogen and oxygen atoms in total. The molecule has 0 unspecified atom stereocenters. The monoisotopic (exact) mass is 429 g/mol. The van der Waals surface area contributed by atoms with Gasteiger partial charge >= 0.3 is 0 Å². The van der Waals surface area contributed by atoms with E-state index < -0.39 is 0 Å². The molecule has 0 atom stereocenters. The highest BCUT2D eigenvalue weighted by molar-refractivity contribution is 5.95. The molecule has 3 rings (SSSR count). The first-order valence-corrected chi connectivity index (χ1v) is 9.99. The molecule has 7 heteroatoms. The first-order chi connectivity index (χ1) is 15.6. The molecule has 0 aliphatic carbocycles. The highest BCUT2D eigenvalue weighted by Gasteiger charge is 2.08. The van der Waals surface area contributed by atoms with E-state index in [2.05, 4.69) is 16.6 Å². The summed E-state index contributed by atoms with van der Waals surface area (Å²) in [5.74, 6) is 1.43. The zero-order valence-electron chi connectivity index (χ0n) is 17.9. The average Bonchev–Trinajstić information content (AvgIpc) is 2.83. The van der Waals surface area contributed by atoms with Gasteiger partial charge in [0, 0.05) is 11.1 Å². The van der Waals surface area contributed by atoms with Crippen LogP contribution in [0.1, 0.15) is 34.0 Å². The van der Waals surface area contributed by atoms with E-state index >= 15 is 0 Å². The summed E-state index contributed by atoms with van der Waals surface area (Å²) in [6, 6.07) is 21.5. The molecule has 3 aromatic carbocycles. The van der Waals surface area contributed by atoms with Gasteiger partial charge in [0.25, 0.3) is 5.91 Å². The van der Waals surface area contributed by atoms with Crippen LogP contribution in [0.5, 0.6) is 17.2 Å². The number of carbonyl (C=O) groups excluding carboxylic acids is 1. The van der Waals surface area contributed by atoms with Crippen molar-refractivity contribution in [3.05, 3.63) is 89.0 Å². The predicted molar refractivity (Wildman–Crippen MR) is 121 cm³/mol. The second-order valence-corrected chi connectivity index (χ2v) is 6.62. The third kappa shape index (κ3) is 5.86. The molecule has 0 fully saturated rings. The first-order valence-electron chi connectivity index (χ1n) is 9.99. The van der Waals surface area contributed by atoms with Crippen molar-refractivity contribution in [1.82, 2.24) is 5.43 Å². The number of rotatable bonds is 9. The van der Waals surface area contributed by atoms with Crippen molar-refractivity contribution in [2.24, 2.45) is 5.10 Å². The van der Waals surface area contributed by atoms with Gasteiger partial charge in [0.1, 0.15) is 12.4 Å². The zero-order valence-corrected chi connectivity index (χ0v) is 17.9. The number of nitrogens with one attached hydrogen (secondary N) is 1. The van der Waals surface area contributed by atoms with Crippen LogP contribution in [0.15, 0.2) is 71.8 Å². The Balaban J connectivity index is 1.61. The van der Waals surface area contributed by atoms with E-state index in [0.717, 1.165) is 11.1 Å². The molecule has 1 N–H and O–H groups in total. The SMILES string of the molecule is CCOc1ccc(C(=O)N/N=C\c2ccc(OCc3ccccc3C#N)c(OC)c2)cc1. The molecule has 0 heterocycles. The number of amides is 1. The van der Waals surface area contributed by atoms with E-state index in [4.69, 9.17) is 14.2 Å². The van der Waals surface area contributed by atoms with Gasteiger partial charge in [-0.3, -0.25) is 4.79 Å². The van der Waals surface area contributed by atoms with Crippen molar-refractivity contribution in [3.63, 3.8) is 0 Å². The summed E-state index contributed by atoms with van der Waals surface area (Å²) >= 11 is 0. The fourth-order valence-corrected chi connectivity index (χ4v) is 2.89. The standard InChI is InChI=1S/C25H23N3O4/c1-3-31-22-11-9-19(10-12-22)25(29)28-27-16-18-8-13-23(24(14-18)30-2)32-17-21-7-5-4-6-20(21)15-26/h4-14,16H,3,17H2,1-2H3,(H,28,29)/b27-16-. The van der Waals surface area contributed by atoms with Crippen molar-refractivity contribution < 1.29 is 19.0 Å². The van der Waals surface area contributed by atoms with Crippen LogP contribution in [0.2, 0.25) is 0 Å². The van der Waals surface area contributed by atoms with Gasteiger partial charge in [0.05, 0.1) is 31.6 Å². The van der Waals surface area contributed by atoms with Gasteiger partial charge in [-0.05, 0) is 61.0 Å². The quantitative estimate of drug-likeness (QED) is 0.404. The van der Waals surface area contributed by atoms with E-state index in [-0.39, 0.29) is 12.5 Å². The Morgan fingerprint density at radius 2 is 1.84 bits per heavy atom. The van der Waals surface area contributed by atoms with Crippen molar-refractivity contribution >= 4 is 12.1 Å². The van der Waals surface area contributed by atoms with Crippen LogP contribution in [0.3, 0.4) is 0 Å². The number of ether oxygens (including phenoxy) is 3. The minimum Gasteiger partial charge on any atom is -0.494 e. The van der Waals surface area contributed by atoms with Crippen LogP contribution in [0.25, 0.3) is 0 Å². The fraction of sp³-hybridized carbons (Fsp3) is 0.160. The third-order valence-corrected chi connectivity index (χ3v) is 4.52. The largest absolute Gasteiger partial charge is 0.494 e. The fourth-order valence-electron chi connectivity index (χ4n) is 2.89. The molecule has 0 bridgehead atoms. The van der Waals surface area contributed by atoms with Gasteiger partial charge < -0.3 is 14.2 Å². The molecular formula is C25H23N3O4. The lowest BCUT2D eigenvalue weighted by Gasteiger charge is -2.12. The van der Waals surface area contributed by atoms with E-state index in [9.17, 15) is 10.1 Å². The summed E-state index contributed by atoms with van der Waals surface area (Å²) in [4.78, 5) is 12.2. The van der Waals surface area contributed by atoms with E-state index in [1.807, 2.05) is 25.1 Å². The number of nitriles is 1. The smallest absolute Gasteiger partial charge is 0.271 e. The topological polar surface area (TPSA) is 92.9 Å². The maximum Gasteiger partial charge on any atom is 0.271 e. The van der Waals surface area contributed by atoms with Crippen LogP contribution >= 0.6 is 0 Å². The van der Waals surface area contributed by atoms with Gasteiger partial charge in [-0.15, -0.1) is 0 Å². The maximum atomic E-state index is 12.2. The third-order valence-electron chi connectivity index (χ3n) is 4.52. The zero-order chi connectivity index (χ0) is 22.8. The number of carbonyl (C=O) groups is 1. The van der Waals surface area contributed by atoms with Crippen molar-refractivity contribution in [1.29, 1.82) is 5.26 Å². The number of hydrogen-bond donors (Lipinski definition) is 1. The first kappa shape index (κ1) is 22.4. The molecule has 0 aromatic heterocycles. The molecule has 32 heavy (non-hydrogen) atoms. The Morgan fingerprint density at radius 3 is 2.56 bits per heavy atom. The van der Waals surface area contributed by atoms with E-state index in [1.165, 1.54) is 6.21 Å². The molecule has 1 amide bonds. The van der Waals surface area contributed by atoms with E-state index in [0.29, 0.717) is 35.0 Å².